The Balaban J connectivity index is 1.58. The molecule has 1 aliphatic rings. The van der Waals surface area contributed by atoms with Crippen molar-refractivity contribution in [3.63, 3.8) is 0 Å². The van der Waals surface area contributed by atoms with Crippen LogP contribution < -0.4 is 10.1 Å². The minimum absolute atomic E-state index is 0.0556. The summed E-state index contributed by atoms with van der Waals surface area (Å²) in [6.07, 6.45) is 4.14. The van der Waals surface area contributed by atoms with Gasteiger partial charge in [-0.1, -0.05) is 49.4 Å². The summed E-state index contributed by atoms with van der Waals surface area (Å²) in [7, 11) is 0. The second kappa shape index (κ2) is 6.86. The van der Waals surface area contributed by atoms with E-state index in [4.69, 9.17) is 4.74 Å². The van der Waals surface area contributed by atoms with Crippen molar-refractivity contribution < 1.29 is 9.53 Å². The van der Waals surface area contributed by atoms with E-state index in [2.05, 4.69) is 24.4 Å². The Morgan fingerprint density at radius 2 is 1.78 bits per heavy atom. The number of benzene rings is 2. The standard InChI is InChI=1S/C20H23NO2/c1-2-16-9-11-18(12-10-16)23-15-19(22)21-20(13-6-14-20)17-7-4-3-5-8-17/h3-5,7-12H,2,6,13-15H2,1H3,(H,21,22). The van der Waals surface area contributed by atoms with Gasteiger partial charge < -0.3 is 10.1 Å². The van der Waals surface area contributed by atoms with Gasteiger partial charge in [0.1, 0.15) is 5.75 Å². The van der Waals surface area contributed by atoms with E-state index in [0.29, 0.717) is 0 Å². The summed E-state index contributed by atoms with van der Waals surface area (Å²) in [5.41, 5.74) is 2.25. The highest BCUT2D eigenvalue weighted by atomic mass is 16.5. The fourth-order valence-electron chi connectivity index (χ4n) is 3.05. The monoisotopic (exact) mass is 309 g/mol. The van der Waals surface area contributed by atoms with Gasteiger partial charge in [0.05, 0.1) is 5.54 Å². The van der Waals surface area contributed by atoms with Gasteiger partial charge in [0.25, 0.3) is 5.91 Å². The molecular formula is C20H23NO2. The summed E-state index contributed by atoms with van der Waals surface area (Å²) in [5.74, 6) is 0.674. The molecule has 3 heteroatoms. The average molecular weight is 309 g/mol. The molecule has 3 rings (SSSR count). The number of carbonyl (C=O) groups is 1. The molecule has 2 aromatic rings. The lowest BCUT2D eigenvalue weighted by molar-refractivity contribution is -0.126. The first-order valence-electron chi connectivity index (χ1n) is 8.30. The van der Waals surface area contributed by atoms with Crippen LogP contribution in [0.25, 0.3) is 0 Å². The minimum atomic E-state index is -0.201. The summed E-state index contributed by atoms with van der Waals surface area (Å²) in [4.78, 5) is 12.3. The van der Waals surface area contributed by atoms with Crippen LogP contribution >= 0.6 is 0 Å². The van der Waals surface area contributed by atoms with Crippen molar-refractivity contribution >= 4 is 5.91 Å². The lowest BCUT2D eigenvalue weighted by Gasteiger charge is -2.43. The third-order valence-corrected chi connectivity index (χ3v) is 4.61. The molecule has 2 aromatic carbocycles. The zero-order valence-electron chi connectivity index (χ0n) is 13.5. The number of hydrogen-bond donors (Lipinski definition) is 1. The number of aryl methyl sites for hydroxylation is 1. The van der Waals surface area contributed by atoms with Crippen molar-refractivity contribution in [1.82, 2.24) is 5.32 Å². The molecule has 3 nitrogen and oxygen atoms in total. The quantitative estimate of drug-likeness (QED) is 0.881. The molecule has 0 atom stereocenters. The molecule has 0 heterocycles. The number of ether oxygens (including phenoxy) is 1. The summed E-state index contributed by atoms with van der Waals surface area (Å²) in [5, 5.41) is 3.18. The van der Waals surface area contributed by atoms with Gasteiger partial charge in [0, 0.05) is 0 Å². The number of hydrogen-bond acceptors (Lipinski definition) is 2. The lowest BCUT2D eigenvalue weighted by atomic mass is 9.72. The van der Waals surface area contributed by atoms with Crippen LogP contribution in [-0.4, -0.2) is 12.5 Å². The molecule has 0 radical (unpaired) electrons. The Morgan fingerprint density at radius 3 is 2.35 bits per heavy atom. The van der Waals surface area contributed by atoms with Gasteiger partial charge in [0.15, 0.2) is 6.61 Å². The van der Waals surface area contributed by atoms with Crippen LogP contribution in [0.3, 0.4) is 0 Å². The maximum absolute atomic E-state index is 12.3. The predicted molar refractivity (Wildman–Crippen MR) is 91.4 cm³/mol. The van der Waals surface area contributed by atoms with Crippen LogP contribution in [0, 0.1) is 0 Å². The zero-order chi connectivity index (χ0) is 16.1. The SMILES string of the molecule is CCc1ccc(OCC(=O)NC2(c3ccccc3)CCC2)cc1. The first-order chi connectivity index (χ1) is 11.2. The fraction of sp³-hybridized carbons (Fsp3) is 0.350. The Morgan fingerprint density at radius 1 is 1.09 bits per heavy atom. The number of nitrogens with one attached hydrogen (secondary N) is 1. The molecule has 0 saturated heterocycles. The molecule has 0 spiro atoms. The molecule has 0 unspecified atom stereocenters. The molecule has 0 bridgehead atoms. The highest BCUT2D eigenvalue weighted by Crippen LogP contribution is 2.41. The molecular weight excluding hydrogens is 286 g/mol. The van der Waals surface area contributed by atoms with Gasteiger partial charge in [-0.2, -0.15) is 0 Å². The highest BCUT2D eigenvalue weighted by Gasteiger charge is 2.39. The van der Waals surface area contributed by atoms with Crippen LogP contribution in [0.15, 0.2) is 54.6 Å². The van der Waals surface area contributed by atoms with E-state index in [1.165, 1.54) is 11.1 Å². The smallest absolute Gasteiger partial charge is 0.258 e. The Kier molecular flexibility index (Phi) is 4.65. The molecule has 0 aliphatic heterocycles. The minimum Gasteiger partial charge on any atom is -0.484 e. The largest absolute Gasteiger partial charge is 0.484 e. The van der Waals surface area contributed by atoms with Crippen LogP contribution in [0.2, 0.25) is 0 Å². The third-order valence-electron chi connectivity index (χ3n) is 4.61. The summed E-state index contributed by atoms with van der Waals surface area (Å²) in [6.45, 7) is 2.17. The van der Waals surface area contributed by atoms with Crippen molar-refractivity contribution in [2.45, 2.75) is 38.1 Å². The van der Waals surface area contributed by atoms with Crippen LogP contribution in [-0.2, 0) is 16.8 Å². The van der Waals surface area contributed by atoms with Crippen molar-refractivity contribution in [3.05, 3.63) is 65.7 Å². The summed E-state index contributed by atoms with van der Waals surface area (Å²) in [6, 6.07) is 18.1. The van der Waals surface area contributed by atoms with Gasteiger partial charge in [-0.3, -0.25) is 4.79 Å². The molecule has 23 heavy (non-hydrogen) atoms. The van der Waals surface area contributed by atoms with Gasteiger partial charge in [-0.05, 0) is 48.9 Å². The normalized spacial score (nSPS) is 15.5. The molecule has 0 aromatic heterocycles. The van der Waals surface area contributed by atoms with Gasteiger partial charge >= 0.3 is 0 Å². The predicted octanol–water partition coefficient (Wildman–Crippen LogP) is 3.82. The van der Waals surface area contributed by atoms with E-state index in [1.54, 1.807) is 0 Å². The molecule has 1 fully saturated rings. The second-order valence-corrected chi connectivity index (χ2v) is 6.14. The Hall–Kier alpha value is -2.29. The number of amides is 1. The zero-order valence-corrected chi connectivity index (χ0v) is 13.5. The Bertz CT molecular complexity index is 645. The molecule has 120 valence electrons. The van der Waals surface area contributed by atoms with Gasteiger partial charge in [-0.15, -0.1) is 0 Å². The maximum atomic E-state index is 12.3. The maximum Gasteiger partial charge on any atom is 0.258 e. The van der Waals surface area contributed by atoms with Gasteiger partial charge in [0.2, 0.25) is 0 Å². The van der Waals surface area contributed by atoms with E-state index in [1.807, 2.05) is 42.5 Å². The van der Waals surface area contributed by atoms with E-state index >= 15 is 0 Å². The van der Waals surface area contributed by atoms with Crippen molar-refractivity contribution in [2.24, 2.45) is 0 Å². The van der Waals surface area contributed by atoms with Crippen LogP contribution in [0.5, 0.6) is 5.75 Å². The van der Waals surface area contributed by atoms with E-state index in [9.17, 15) is 4.79 Å². The van der Waals surface area contributed by atoms with E-state index in [-0.39, 0.29) is 18.1 Å². The first kappa shape index (κ1) is 15.6. The van der Waals surface area contributed by atoms with Crippen molar-refractivity contribution in [2.75, 3.05) is 6.61 Å². The topological polar surface area (TPSA) is 38.3 Å². The third kappa shape index (κ3) is 3.55. The Labute approximate surface area is 137 Å². The second-order valence-electron chi connectivity index (χ2n) is 6.14. The molecule has 1 aliphatic carbocycles. The van der Waals surface area contributed by atoms with E-state index in [0.717, 1.165) is 31.4 Å². The highest BCUT2D eigenvalue weighted by molar-refractivity contribution is 5.78. The number of rotatable bonds is 6. The lowest BCUT2D eigenvalue weighted by Crippen LogP contribution is -2.52. The van der Waals surface area contributed by atoms with Gasteiger partial charge in [-0.25, -0.2) is 0 Å². The first-order valence-corrected chi connectivity index (χ1v) is 8.30. The average Bonchev–Trinajstić information content (AvgIpc) is 2.57. The molecule has 1 saturated carbocycles. The molecule has 1 N–H and O–H groups in total. The molecule has 1 amide bonds. The van der Waals surface area contributed by atoms with E-state index < -0.39 is 0 Å². The van der Waals surface area contributed by atoms with Crippen LogP contribution in [0.4, 0.5) is 0 Å². The van der Waals surface area contributed by atoms with Crippen molar-refractivity contribution in [1.29, 1.82) is 0 Å². The fourth-order valence-corrected chi connectivity index (χ4v) is 3.05. The summed E-state index contributed by atoms with van der Waals surface area (Å²) >= 11 is 0. The van der Waals surface area contributed by atoms with Crippen molar-refractivity contribution in [3.8, 4) is 5.75 Å². The van der Waals surface area contributed by atoms with Crippen LogP contribution in [0.1, 0.15) is 37.3 Å². The number of carbonyl (C=O) groups excluding carboxylic acids is 1. The summed E-state index contributed by atoms with van der Waals surface area (Å²) < 4.78 is 5.61.